The third-order valence-corrected chi connectivity index (χ3v) is 11.1. The lowest BCUT2D eigenvalue weighted by Gasteiger charge is -2.30. The van der Waals surface area contributed by atoms with Crippen LogP contribution < -0.4 is 26.0 Å². The second kappa shape index (κ2) is 17.4. The summed E-state index contributed by atoms with van der Waals surface area (Å²) in [5.74, 6) is -2.04. The van der Waals surface area contributed by atoms with E-state index in [0.29, 0.717) is 16.6 Å². The zero-order valence-electron chi connectivity index (χ0n) is 31.0. The quantitative estimate of drug-likeness (QED) is 0.0788. The standard InChI is InChI=1S/C39H45ClF3N7O6/c1-55-33(54)29(16-22-44-32(53)30(51)15-17-37(18-19-37)25-5-3-2-4-6-25)46-31(52)24-7-13-28(14-8-24)45-34-47-35(49-36(48-34)56-23-39(41,42)43)50-38(20-21-38)26-9-11-27(40)12-10-26/h7-14,25,29H,2-6,15-23H2,1H3,(H,44,53)(H,46,52)(H2,45,47,48,49,50)/t29-/m0/s1. The van der Waals surface area contributed by atoms with E-state index in [1.165, 1.54) is 63.5 Å². The molecule has 0 spiro atoms. The number of carbonyl (C=O) groups excluding carboxylic acids is 4. The van der Waals surface area contributed by atoms with Crippen LogP contribution in [0.25, 0.3) is 0 Å². The predicted molar refractivity (Wildman–Crippen MR) is 200 cm³/mol. The molecule has 300 valence electrons. The summed E-state index contributed by atoms with van der Waals surface area (Å²) in [6, 6.07) is 11.4. The first kappa shape index (κ1) is 40.7. The van der Waals surface area contributed by atoms with Gasteiger partial charge in [-0.15, -0.1) is 0 Å². The van der Waals surface area contributed by atoms with Crippen LogP contribution in [0.2, 0.25) is 5.02 Å². The van der Waals surface area contributed by atoms with Gasteiger partial charge in [0, 0.05) is 29.2 Å². The van der Waals surface area contributed by atoms with E-state index in [1.54, 1.807) is 12.1 Å². The summed E-state index contributed by atoms with van der Waals surface area (Å²) >= 11 is 6.04. The molecule has 1 aromatic heterocycles. The van der Waals surface area contributed by atoms with Crippen molar-refractivity contribution >= 4 is 52.8 Å². The molecule has 0 bridgehead atoms. The molecular formula is C39H45ClF3N7O6. The second-order valence-electron chi connectivity index (χ2n) is 14.8. The molecule has 3 fully saturated rings. The molecule has 3 saturated carbocycles. The lowest BCUT2D eigenvalue weighted by Crippen LogP contribution is -2.44. The number of halogens is 4. The topological polar surface area (TPSA) is 174 Å². The van der Waals surface area contributed by atoms with Crippen LogP contribution in [0.5, 0.6) is 6.01 Å². The lowest BCUT2D eigenvalue weighted by molar-refractivity contribution is -0.154. The molecule has 13 nitrogen and oxygen atoms in total. The lowest BCUT2D eigenvalue weighted by atomic mass is 9.75. The molecule has 1 atom stereocenters. The van der Waals surface area contributed by atoms with Gasteiger partial charge in [0.05, 0.1) is 12.6 Å². The van der Waals surface area contributed by atoms with Gasteiger partial charge in [0.1, 0.15) is 6.04 Å². The van der Waals surface area contributed by atoms with E-state index in [0.717, 1.165) is 37.7 Å². The number of hydrogen-bond donors (Lipinski definition) is 4. The smallest absolute Gasteiger partial charge is 0.422 e. The molecule has 0 saturated heterocycles. The number of Topliss-reactive ketones (excluding diaryl/α,β-unsaturated/α-hetero) is 1. The number of carbonyl (C=O) groups is 4. The number of alkyl halides is 3. The number of esters is 1. The van der Waals surface area contributed by atoms with E-state index in [9.17, 15) is 32.3 Å². The largest absolute Gasteiger partial charge is 0.467 e. The molecule has 3 aromatic rings. The maximum Gasteiger partial charge on any atom is 0.422 e. The fraction of sp³-hybridized carbons (Fsp3) is 0.513. The Balaban J connectivity index is 1.03. The fourth-order valence-electron chi connectivity index (χ4n) is 7.38. The highest BCUT2D eigenvalue weighted by molar-refractivity contribution is 6.36. The Labute approximate surface area is 327 Å². The van der Waals surface area contributed by atoms with E-state index >= 15 is 0 Å². The summed E-state index contributed by atoms with van der Waals surface area (Å²) in [4.78, 5) is 63.3. The highest BCUT2D eigenvalue weighted by Crippen LogP contribution is 2.59. The number of methoxy groups -OCH3 is 1. The van der Waals surface area contributed by atoms with Crippen LogP contribution in [-0.2, 0) is 24.7 Å². The maximum atomic E-state index is 13.1. The number of aromatic nitrogens is 3. The van der Waals surface area contributed by atoms with Crippen LogP contribution in [0, 0.1) is 11.3 Å². The van der Waals surface area contributed by atoms with Gasteiger partial charge in [0.15, 0.2) is 6.61 Å². The summed E-state index contributed by atoms with van der Waals surface area (Å²) in [7, 11) is 1.17. The number of nitrogens with zero attached hydrogens (tertiary/aromatic N) is 3. The van der Waals surface area contributed by atoms with Crippen molar-refractivity contribution in [3.8, 4) is 6.01 Å². The van der Waals surface area contributed by atoms with Gasteiger partial charge in [-0.3, -0.25) is 14.4 Å². The molecule has 2 aromatic carbocycles. The van der Waals surface area contributed by atoms with E-state index in [-0.39, 0.29) is 42.3 Å². The number of ether oxygens (including phenoxy) is 2. The highest BCUT2D eigenvalue weighted by Gasteiger charge is 2.49. The minimum absolute atomic E-state index is 0.0150. The fourth-order valence-corrected chi connectivity index (χ4v) is 7.51. The Kier molecular flexibility index (Phi) is 12.7. The van der Waals surface area contributed by atoms with Crippen LogP contribution in [0.1, 0.15) is 93.0 Å². The van der Waals surface area contributed by atoms with Crippen LogP contribution in [0.15, 0.2) is 48.5 Å². The van der Waals surface area contributed by atoms with Gasteiger partial charge in [0.2, 0.25) is 17.7 Å². The number of nitrogens with one attached hydrogen (secondary N) is 4. The normalized spacial score (nSPS) is 17.5. The van der Waals surface area contributed by atoms with Gasteiger partial charge in [-0.25, -0.2) is 4.79 Å². The molecule has 6 rings (SSSR count). The van der Waals surface area contributed by atoms with Crippen LogP contribution in [0.3, 0.4) is 0 Å². The van der Waals surface area contributed by atoms with Gasteiger partial charge in [0.25, 0.3) is 11.8 Å². The van der Waals surface area contributed by atoms with E-state index < -0.39 is 53.9 Å². The molecular weight excluding hydrogens is 755 g/mol. The summed E-state index contributed by atoms with van der Waals surface area (Å²) in [6.45, 7) is -1.65. The van der Waals surface area contributed by atoms with Crippen LogP contribution in [-0.4, -0.2) is 71.0 Å². The SMILES string of the molecule is COC(=O)[C@H](CCNC(=O)C(=O)CCC1(C2CCCCC2)CC1)NC(=O)c1ccc(Nc2nc(NC3(c4ccc(Cl)cc4)CC3)nc(OCC(F)(F)F)n2)cc1. The molecule has 56 heavy (non-hydrogen) atoms. The van der Waals surface area contributed by atoms with Crippen molar-refractivity contribution in [2.24, 2.45) is 11.3 Å². The molecule has 2 amide bonds. The molecule has 17 heteroatoms. The van der Waals surface area contributed by atoms with Crippen LogP contribution >= 0.6 is 11.6 Å². The predicted octanol–water partition coefficient (Wildman–Crippen LogP) is 6.80. The van der Waals surface area contributed by atoms with Gasteiger partial charge < -0.3 is 30.7 Å². The zero-order chi connectivity index (χ0) is 39.9. The minimum atomic E-state index is -4.63. The van der Waals surface area contributed by atoms with Crippen molar-refractivity contribution in [1.29, 1.82) is 0 Å². The van der Waals surface area contributed by atoms with Gasteiger partial charge in [-0.05, 0) is 105 Å². The first-order chi connectivity index (χ1) is 26.8. The van der Waals surface area contributed by atoms with E-state index in [4.69, 9.17) is 21.1 Å². The third kappa shape index (κ3) is 10.9. The first-order valence-corrected chi connectivity index (χ1v) is 19.2. The summed E-state index contributed by atoms with van der Waals surface area (Å²) in [5.41, 5.74) is 1.11. The molecule has 1 heterocycles. The Bertz CT molecular complexity index is 1880. The van der Waals surface area contributed by atoms with Gasteiger partial charge >= 0.3 is 18.2 Å². The molecule has 4 N–H and O–H groups in total. The Hall–Kier alpha value is -4.99. The highest BCUT2D eigenvalue weighted by atomic mass is 35.5. The number of rotatable bonds is 18. The number of ketones is 1. The van der Waals surface area contributed by atoms with E-state index in [1.807, 2.05) is 12.1 Å². The molecule has 0 radical (unpaired) electrons. The Morgan fingerprint density at radius 3 is 2.21 bits per heavy atom. The number of amides is 2. The first-order valence-electron chi connectivity index (χ1n) is 18.8. The Morgan fingerprint density at radius 1 is 0.911 bits per heavy atom. The summed E-state index contributed by atoms with van der Waals surface area (Å²) in [5, 5.41) is 11.8. The van der Waals surface area contributed by atoms with Crippen molar-refractivity contribution in [2.75, 3.05) is 30.9 Å². The zero-order valence-corrected chi connectivity index (χ0v) is 31.7. The van der Waals surface area contributed by atoms with Gasteiger partial charge in [-0.2, -0.15) is 28.1 Å². The number of benzene rings is 2. The minimum Gasteiger partial charge on any atom is -0.467 e. The van der Waals surface area contributed by atoms with Crippen LogP contribution in [0.4, 0.5) is 30.8 Å². The third-order valence-electron chi connectivity index (χ3n) is 10.9. The van der Waals surface area contributed by atoms with Gasteiger partial charge in [-0.1, -0.05) is 43.0 Å². The molecule has 0 unspecified atom stereocenters. The Morgan fingerprint density at radius 2 is 1.59 bits per heavy atom. The summed E-state index contributed by atoms with van der Waals surface area (Å²) in [6.07, 6.45) is 6.04. The van der Waals surface area contributed by atoms with E-state index in [2.05, 4.69) is 36.2 Å². The number of hydrogen-bond acceptors (Lipinski definition) is 11. The van der Waals surface area contributed by atoms with Crippen molar-refractivity contribution < 1.29 is 41.8 Å². The average Bonchev–Trinajstić information content (AvgIpc) is 4.13. The van der Waals surface area contributed by atoms with Crippen molar-refractivity contribution in [3.63, 3.8) is 0 Å². The summed E-state index contributed by atoms with van der Waals surface area (Å²) < 4.78 is 48.6. The monoisotopic (exact) mass is 799 g/mol. The maximum absolute atomic E-state index is 13.1. The number of anilines is 3. The molecule has 3 aliphatic carbocycles. The molecule has 0 aliphatic heterocycles. The average molecular weight is 800 g/mol. The van der Waals surface area contributed by atoms with Crippen molar-refractivity contribution in [1.82, 2.24) is 25.6 Å². The molecule has 3 aliphatic rings. The van der Waals surface area contributed by atoms with Crippen molar-refractivity contribution in [2.45, 2.75) is 94.8 Å². The second-order valence-corrected chi connectivity index (χ2v) is 15.2. The van der Waals surface area contributed by atoms with Crippen molar-refractivity contribution in [3.05, 3.63) is 64.7 Å².